The van der Waals surface area contributed by atoms with Crippen LogP contribution in [-0.4, -0.2) is 63.1 Å². The molecule has 0 fully saturated rings. The van der Waals surface area contributed by atoms with Gasteiger partial charge in [-0.1, -0.05) is 200 Å². The molecule has 0 spiro atoms. The van der Waals surface area contributed by atoms with Crippen molar-refractivity contribution in [3.63, 3.8) is 0 Å². The lowest BCUT2D eigenvalue weighted by atomic mass is 9.89. The second-order valence-corrected chi connectivity index (χ2v) is 34.3. The van der Waals surface area contributed by atoms with Crippen molar-refractivity contribution in [3.8, 4) is 0 Å². The van der Waals surface area contributed by atoms with E-state index in [0.29, 0.717) is 43.0 Å². The van der Waals surface area contributed by atoms with Crippen molar-refractivity contribution in [2.45, 2.75) is 117 Å². The summed E-state index contributed by atoms with van der Waals surface area (Å²) in [5.74, 6) is 0.120. The van der Waals surface area contributed by atoms with Gasteiger partial charge in [-0.2, -0.15) is 0 Å². The lowest BCUT2D eigenvalue weighted by molar-refractivity contribution is -0.142. The highest BCUT2D eigenvalue weighted by molar-refractivity contribution is 7.00. The molecule has 4 aromatic carbocycles. The Hall–Kier alpha value is -4.85. The normalized spacial score (nSPS) is 13.8. The molecule has 1 heterocycles. The number of allylic oxidation sites excluding steroid dienone is 1. The number of hydrogen-bond acceptors (Lipinski definition) is 7. The molecular weight excluding hydrogens is 869 g/mol. The number of hydrogen-bond donors (Lipinski definition) is 0. The highest BCUT2D eigenvalue weighted by atomic mass is 28.4. The molecule has 0 bridgehead atoms. The fourth-order valence-electron chi connectivity index (χ4n) is 9.35. The third kappa shape index (κ3) is 12.2. The Kier molecular flexibility index (Phi) is 17.6. The summed E-state index contributed by atoms with van der Waals surface area (Å²) in [5, 5.41) is 5.53. The van der Waals surface area contributed by atoms with E-state index in [1.165, 1.54) is 22.7 Å². The van der Waals surface area contributed by atoms with E-state index in [2.05, 4.69) is 183 Å². The molecular formula is C56H74O7Si3. The van der Waals surface area contributed by atoms with Crippen LogP contribution in [0.15, 0.2) is 149 Å². The summed E-state index contributed by atoms with van der Waals surface area (Å²) in [7, 11) is -6.38. The summed E-state index contributed by atoms with van der Waals surface area (Å²) in [5.41, 5.74) is 1.28. The zero-order valence-corrected chi connectivity index (χ0v) is 44.7. The van der Waals surface area contributed by atoms with Crippen molar-refractivity contribution in [2.75, 3.05) is 20.3 Å². The number of rotatable bonds is 21. The highest BCUT2D eigenvalue weighted by Gasteiger charge is 2.52. The zero-order valence-electron chi connectivity index (χ0n) is 41.7. The van der Waals surface area contributed by atoms with Crippen LogP contribution in [0.5, 0.6) is 0 Å². The first-order chi connectivity index (χ1) is 31.2. The molecule has 0 N–H and O–H groups in total. The summed E-state index contributed by atoms with van der Waals surface area (Å²) in [6, 6.07) is 44.1. The molecule has 5 aromatic rings. The first-order valence-electron chi connectivity index (χ1n) is 23.4. The van der Waals surface area contributed by atoms with Crippen molar-refractivity contribution in [1.29, 1.82) is 0 Å². The van der Waals surface area contributed by atoms with Gasteiger partial charge >= 0.3 is 11.9 Å². The second-order valence-electron chi connectivity index (χ2n) is 20.6. The van der Waals surface area contributed by atoms with Crippen LogP contribution in [0.1, 0.15) is 96.5 Å². The van der Waals surface area contributed by atoms with E-state index in [4.69, 9.17) is 22.7 Å². The fraction of sp³-hybridized carbons (Fsp3) is 0.393. The predicted octanol–water partition coefficient (Wildman–Crippen LogP) is 11.3. The van der Waals surface area contributed by atoms with Crippen LogP contribution in [0.2, 0.25) is 29.7 Å². The molecule has 66 heavy (non-hydrogen) atoms. The first kappa shape index (κ1) is 52.1. The molecule has 0 saturated carbocycles. The third-order valence-corrected chi connectivity index (χ3v) is 25.2. The molecule has 1 unspecified atom stereocenters. The topological polar surface area (TPSA) is 84.2 Å². The Labute approximate surface area is 398 Å². The van der Waals surface area contributed by atoms with Gasteiger partial charge in [0.15, 0.2) is 0 Å². The largest absolute Gasteiger partial charge is 0.469 e. The molecule has 0 amide bonds. The minimum Gasteiger partial charge on any atom is -0.469 e. The van der Waals surface area contributed by atoms with Crippen LogP contribution >= 0.6 is 0 Å². The molecule has 5 rings (SSSR count). The van der Waals surface area contributed by atoms with Gasteiger partial charge in [0.2, 0.25) is 0 Å². The molecule has 10 heteroatoms. The zero-order chi connectivity index (χ0) is 48.3. The Balaban J connectivity index is 1.53. The number of furan rings is 1. The molecule has 2 atom stereocenters. The summed E-state index contributed by atoms with van der Waals surface area (Å²) < 4.78 is 32.6. The van der Waals surface area contributed by atoms with Crippen molar-refractivity contribution in [2.24, 2.45) is 5.92 Å². The second kappa shape index (κ2) is 22.3. The number of esters is 2. The Morgan fingerprint density at radius 2 is 1.18 bits per heavy atom. The van der Waals surface area contributed by atoms with Gasteiger partial charge in [0.25, 0.3) is 16.6 Å². The van der Waals surface area contributed by atoms with Gasteiger partial charge in [-0.25, -0.2) is 4.79 Å². The van der Waals surface area contributed by atoms with Gasteiger partial charge < -0.3 is 22.7 Å². The van der Waals surface area contributed by atoms with Crippen LogP contribution < -0.4 is 20.7 Å². The maximum absolute atomic E-state index is 13.8. The number of ether oxygens (including phenoxy) is 2. The average molecular weight is 943 g/mol. The lowest BCUT2D eigenvalue weighted by Crippen LogP contribution is -2.67. The van der Waals surface area contributed by atoms with Crippen molar-refractivity contribution < 1.29 is 32.3 Å². The van der Waals surface area contributed by atoms with E-state index in [0.717, 1.165) is 15.9 Å². The van der Waals surface area contributed by atoms with Gasteiger partial charge in [0, 0.05) is 13.0 Å². The molecule has 352 valence electrons. The van der Waals surface area contributed by atoms with E-state index in [9.17, 15) is 9.59 Å². The Morgan fingerprint density at radius 3 is 1.58 bits per heavy atom. The smallest absolute Gasteiger partial charge is 0.341 e. The van der Waals surface area contributed by atoms with E-state index in [-0.39, 0.29) is 35.0 Å². The number of carbonyl (C=O) groups excluding carboxylic acids is 2. The van der Waals surface area contributed by atoms with Gasteiger partial charge in [0.05, 0.1) is 34.3 Å². The average Bonchev–Trinajstić information content (AvgIpc) is 3.68. The molecule has 0 radical (unpaired) electrons. The van der Waals surface area contributed by atoms with Crippen molar-refractivity contribution in [3.05, 3.63) is 162 Å². The maximum atomic E-state index is 13.8. The minimum atomic E-state index is -3.08. The predicted molar refractivity (Wildman–Crippen MR) is 280 cm³/mol. The maximum Gasteiger partial charge on any atom is 0.341 e. The summed E-state index contributed by atoms with van der Waals surface area (Å²) in [4.78, 5) is 27.0. The molecule has 0 saturated heterocycles. The fourth-order valence-corrected chi connectivity index (χ4v) is 20.0. The van der Waals surface area contributed by atoms with Crippen LogP contribution in [0.25, 0.3) is 6.08 Å². The lowest BCUT2D eigenvalue weighted by Gasteiger charge is -2.45. The van der Waals surface area contributed by atoms with Crippen molar-refractivity contribution in [1.82, 2.24) is 0 Å². The van der Waals surface area contributed by atoms with Crippen molar-refractivity contribution >= 4 is 63.5 Å². The van der Waals surface area contributed by atoms with E-state index < -0.39 is 36.8 Å². The van der Waals surface area contributed by atoms with Crippen LogP contribution in [0.4, 0.5) is 0 Å². The SMILES string of the molecule is C=C(C)C(Cc1oc(/C=C(/CCO[Si](c2ccccc2)(c2ccccc2)C(C)(C)C)[Si](C)(C)C)cc1C(=O)OCC)C[C@@H](CC(=O)OC)O[Si](c1ccccc1)(c1ccccc1)C(C)(C)C. The van der Waals surface area contributed by atoms with Crippen LogP contribution in [0.3, 0.4) is 0 Å². The monoisotopic (exact) mass is 942 g/mol. The van der Waals surface area contributed by atoms with Gasteiger partial charge in [-0.3, -0.25) is 4.79 Å². The van der Waals surface area contributed by atoms with Gasteiger partial charge in [-0.15, -0.1) is 0 Å². The minimum absolute atomic E-state index is 0.0528. The van der Waals surface area contributed by atoms with E-state index in [1.807, 2.05) is 32.0 Å². The quantitative estimate of drug-likeness (QED) is 0.0412. The highest BCUT2D eigenvalue weighted by Crippen LogP contribution is 2.40. The number of carbonyl (C=O) groups is 2. The standard InChI is InChI=1S/C56H74O7Si3/c1-14-60-54(58)51-40-44(39-50(64(11,12)13)35-36-61-65(55(4,5)6,46-27-19-15-20-28-46)47-29-21-16-22-30-47)62-52(51)38-43(42(2)3)37-45(41-53(57)59-10)63-66(56(7,8)9,48-31-23-17-24-32-48)49-33-25-18-26-34-49/h15-34,39-40,43,45H,2,14,35-38,41H2,1,3-13H3/b50-39-/t43?,45-/m0/s1. The summed E-state index contributed by atoms with van der Waals surface area (Å²) in [6.07, 6.45) is 3.17. The number of benzene rings is 4. The van der Waals surface area contributed by atoms with Crippen LogP contribution in [0, 0.1) is 5.92 Å². The van der Waals surface area contributed by atoms with E-state index in [1.54, 1.807) is 0 Å². The summed E-state index contributed by atoms with van der Waals surface area (Å²) >= 11 is 0. The third-order valence-electron chi connectivity index (χ3n) is 12.8. The Morgan fingerprint density at radius 1 is 0.727 bits per heavy atom. The molecule has 1 aromatic heterocycles. The molecule has 0 aliphatic heterocycles. The van der Waals surface area contributed by atoms with Crippen LogP contribution in [-0.2, 0) is 29.5 Å². The molecule has 0 aliphatic carbocycles. The van der Waals surface area contributed by atoms with Gasteiger partial charge in [-0.05, 0) is 75.6 Å². The summed E-state index contributed by atoms with van der Waals surface area (Å²) in [6.45, 7) is 29.6. The van der Waals surface area contributed by atoms with Gasteiger partial charge in [0.1, 0.15) is 17.1 Å². The number of methoxy groups -OCH3 is 1. The molecule has 0 aliphatic rings. The van der Waals surface area contributed by atoms with E-state index >= 15 is 0 Å². The first-order valence-corrected chi connectivity index (χ1v) is 30.8. The Bertz CT molecular complexity index is 2290. The molecule has 7 nitrogen and oxygen atoms in total.